The maximum absolute atomic E-state index is 12.2. The van der Waals surface area contributed by atoms with Crippen molar-refractivity contribution in [2.45, 2.75) is 4.90 Å². The number of ether oxygens (including phenoxy) is 1. The number of aliphatic hydroxyl groups is 1. The number of benzene rings is 1. The SMILES string of the molecule is COc1ccc(S(=O)(=O)N(C)CC(=O)NCCO)cc1. The van der Waals surface area contributed by atoms with Gasteiger partial charge in [0.2, 0.25) is 15.9 Å². The van der Waals surface area contributed by atoms with E-state index in [4.69, 9.17) is 9.84 Å². The molecule has 1 rings (SSSR count). The highest BCUT2D eigenvalue weighted by molar-refractivity contribution is 7.89. The minimum atomic E-state index is -3.73. The first-order chi connectivity index (χ1) is 9.41. The Kier molecular flexibility index (Phi) is 5.93. The Labute approximate surface area is 118 Å². The predicted molar refractivity (Wildman–Crippen MR) is 72.9 cm³/mol. The highest BCUT2D eigenvalue weighted by Gasteiger charge is 2.22. The zero-order valence-corrected chi connectivity index (χ0v) is 12.2. The number of hydrogen-bond acceptors (Lipinski definition) is 5. The third-order valence-corrected chi connectivity index (χ3v) is 4.39. The van der Waals surface area contributed by atoms with Crippen LogP contribution in [0.15, 0.2) is 29.2 Å². The Balaban J connectivity index is 2.78. The van der Waals surface area contributed by atoms with Gasteiger partial charge in [-0.2, -0.15) is 4.31 Å². The van der Waals surface area contributed by atoms with E-state index in [-0.39, 0.29) is 24.6 Å². The van der Waals surface area contributed by atoms with Crippen molar-refractivity contribution < 1.29 is 23.1 Å². The highest BCUT2D eigenvalue weighted by Crippen LogP contribution is 2.18. The van der Waals surface area contributed by atoms with Gasteiger partial charge in [0.1, 0.15) is 5.75 Å². The van der Waals surface area contributed by atoms with E-state index >= 15 is 0 Å². The summed E-state index contributed by atoms with van der Waals surface area (Å²) in [6.07, 6.45) is 0. The molecule has 0 fully saturated rings. The number of aliphatic hydroxyl groups excluding tert-OH is 1. The average Bonchev–Trinajstić information content (AvgIpc) is 2.45. The maximum Gasteiger partial charge on any atom is 0.243 e. The van der Waals surface area contributed by atoms with Crippen LogP contribution in [-0.4, -0.2) is 57.6 Å². The fraction of sp³-hybridized carbons (Fsp3) is 0.417. The molecule has 0 heterocycles. The van der Waals surface area contributed by atoms with E-state index < -0.39 is 15.9 Å². The molecule has 1 amide bonds. The number of carbonyl (C=O) groups is 1. The number of methoxy groups -OCH3 is 1. The fourth-order valence-corrected chi connectivity index (χ4v) is 2.59. The minimum absolute atomic E-state index is 0.0794. The summed E-state index contributed by atoms with van der Waals surface area (Å²) in [5.41, 5.74) is 0. The molecular formula is C12H18N2O5S. The van der Waals surface area contributed by atoms with Gasteiger partial charge in [-0.15, -0.1) is 0 Å². The molecule has 1 aromatic carbocycles. The molecule has 0 aromatic heterocycles. The topological polar surface area (TPSA) is 95.9 Å². The maximum atomic E-state index is 12.2. The minimum Gasteiger partial charge on any atom is -0.497 e. The van der Waals surface area contributed by atoms with E-state index in [1.807, 2.05) is 0 Å². The summed E-state index contributed by atoms with van der Waals surface area (Å²) in [6.45, 7) is -0.412. The largest absolute Gasteiger partial charge is 0.497 e. The summed E-state index contributed by atoms with van der Waals surface area (Å²) in [7, 11) is -0.925. The quantitative estimate of drug-likeness (QED) is 0.703. The Hall–Kier alpha value is -1.64. The number of likely N-dealkylation sites (N-methyl/N-ethyl adjacent to an activating group) is 1. The Bertz CT molecular complexity index is 541. The van der Waals surface area contributed by atoms with Crippen LogP contribution in [0.3, 0.4) is 0 Å². The first kappa shape index (κ1) is 16.4. The lowest BCUT2D eigenvalue weighted by Gasteiger charge is -2.16. The van der Waals surface area contributed by atoms with Crippen molar-refractivity contribution in [1.82, 2.24) is 9.62 Å². The van der Waals surface area contributed by atoms with E-state index in [1.165, 1.54) is 38.4 Å². The molecule has 8 heteroatoms. The molecule has 112 valence electrons. The summed E-state index contributed by atoms with van der Waals surface area (Å²) in [5.74, 6) is 0.0749. The van der Waals surface area contributed by atoms with Crippen LogP contribution in [0.5, 0.6) is 5.75 Å². The van der Waals surface area contributed by atoms with E-state index in [2.05, 4.69) is 5.32 Å². The number of amides is 1. The third kappa shape index (κ3) is 4.19. The van der Waals surface area contributed by atoms with Crippen molar-refractivity contribution in [3.8, 4) is 5.75 Å². The number of nitrogens with zero attached hydrogens (tertiary/aromatic N) is 1. The molecule has 0 bridgehead atoms. The number of hydrogen-bond donors (Lipinski definition) is 2. The van der Waals surface area contributed by atoms with E-state index in [0.717, 1.165) is 4.31 Å². The lowest BCUT2D eigenvalue weighted by Crippen LogP contribution is -2.39. The van der Waals surface area contributed by atoms with Gasteiger partial charge in [0.05, 0.1) is 25.2 Å². The molecule has 0 saturated heterocycles. The van der Waals surface area contributed by atoms with E-state index in [1.54, 1.807) is 0 Å². The highest BCUT2D eigenvalue weighted by atomic mass is 32.2. The molecule has 0 atom stereocenters. The van der Waals surface area contributed by atoms with Gasteiger partial charge in [0, 0.05) is 13.6 Å². The van der Waals surface area contributed by atoms with Crippen molar-refractivity contribution in [3.63, 3.8) is 0 Å². The third-order valence-electron chi connectivity index (χ3n) is 2.57. The average molecular weight is 302 g/mol. The Morgan fingerprint density at radius 1 is 1.35 bits per heavy atom. The Morgan fingerprint density at radius 3 is 2.45 bits per heavy atom. The summed E-state index contributed by atoms with van der Waals surface area (Å²) in [4.78, 5) is 11.5. The van der Waals surface area contributed by atoms with Gasteiger partial charge >= 0.3 is 0 Å². The number of nitrogens with one attached hydrogen (secondary N) is 1. The standard InChI is InChI=1S/C12H18N2O5S/c1-14(9-12(16)13-7-8-15)20(17,18)11-5-3-10(19-2)4-6-11/h3-6,15H,7-9H2,1-2H3,(H,13,16). The van der Waals surface area contributed by atoms with Crippen molar-refractivity contribution in [3.05, 3.63) is 24.3 Å². The smallest absolute Gasteiger partial charge is 0.243 e. The molecule has 0 spiro atoms. The van der Waals surface area contributed by atoms with Crippen molar-refractivity contribution in [1.29, 1.82) is 0 Å². The molecule has 0 unspecified atom stereocenters. The summed E-state index contributed by atoms with van der Waals surface area (Å²) >= 11 is 0. The summed E-state index contributed by atoms with van der Waals surface area (Å²) in [5, 5.41) is 11.0. The van der Waals surface area contributed by atoms with Crippen LogP contribution < -0.4 is 10.1 Å². The van der Waals surface area contributed by atoms with Crippen LogP contribution in [0.4, 0.5) is 0 Å². The van der Waals surface area contributed by atoms with Crippen LogP contribution in [0, 0.1) is 0 Å². The fourth-order valence-electron chi connectivity index (χ4n) is 1.47. The zero-order valence-electron chi connectivity index (χ0n) is 11.4. The molecule has 7 nitrogen and oxygen atoms in total. The molecular weight excluding hydrogens is 284 g/mol. The van der Waals surface area contributed by atoms with E-state index in [0.29, 0.717) is 5.75 Å². The van der Waals surface area contributed by atoms with Crippen molar-refractivity contribution in [2.75, 3.05) is 33.9 Å². The van der Waals surface area contributed by atoms with Crippen LogP contribution in [0.25, 0.3) is 0 Å². The van der Waals surface area contributed by atoms with Gasteiger partial charge in [-0.05, 0) is 24.3 Å². The lowest BCUT2D eigenvalue weighted by atomic mass is 10.3. The van der Waals surface area contributed by atoms with Gasteiger partial charge in [-0.25, -0.2) is 8.42 Å². The van der Waals surface area contributed by atoms with E-state index in [9.17, 15) is 13.2 Å². The second kappa shape index (κ2) is 7.22. The summed E-state index contributed by atoms with van der Waals surface area (Å²) in [6, 6.07) is 5.89. The van der Waals surface area contributed by atoms with Crippen molar-refractivity contribution >= 4 is 15.9 Å². The molecule has 2 N–H and O–H groups in total. The van der Waals surface area contributed by atoms with Crippen LogP contribution in [-0.2, 0) is 14.8 Å². The molecule has 1 aromatic rings. The first-order valence-electron chi connectivity index (χ1n) is 5.89. The first-order valence-corrected chi connectivity index (χ1v) is 7.33. The molecule has 0 radical (unpaired) electrons. The second-order valence-electron chi connectivity index (χ2n) is 4.01. The van der Waals surface area contributed by atoms with Gasteiger partial charge in [0.15, 0.2) is 0 Å². The molecule has 20 heavy (non-hydrogen) atoms. The molecule has 0 aliphatic heterocycles. The monoisotopic (exact) mass is 302 g/mol. The molecule has 0 aliphatic rings. The predicted octanol–water partition coefficient (Wildman–Crippen LogP) is -0.576. The Morgan fingerprint density at radius 2 is 1.95 bits per heavy atom. The van der Waals surface area contributed by atoms with Crippen LogP contribution >= 0.6 is 0 Å². The molecule has 0 saturated carbocycles. The van der Waals surface area contributed by atoms with Crippen LogP contribution in [0.1, 0.15) is 0 Å². The van der Waals surface area contributed by atoms with Gasteiger partial charge in [-0.3, -0.25) is 4.79 Å². The van der Waals surface area contributed by atoms with Crippen molar-refractivity contribution in [2.24, 2.45) is 0 Å². The van der Waals surface area contributed by atoms with Gasteiger partial charge in [0.25, 0.3) is 0 Å². The number of sulfonamides is 1. The number of rotatable bonds is 7. The second-order valence-corrected chi connectivity index (χ2v) is 6.06. The van der Waals surface area contributed by atoms with Gasteiger partial charge < -0.3 is 15.2 Å². The van der Waals surface area contributed by atoms with Gasteiger partial charge in [-0.1, -0.05) is 0 Å². The number of carbonyl (C=O) groups excluding carboxylic acids is 1. The molecule has 0 aliphatic carbocycles. The lowest BCUT2D eigenvalue weighted by molar-refractivity contribution is -0.121. The summed E-state index contributed by atoms with van der Waals surface area (Å²) < 4.78 is 30.3. The van der Waals surface area contributed by atoms with Crippen LogP contribution in [0.2, 0.25) is 0 Å². The zero-order chi connectivity index (χ0) is 15.2. The normalized spacial score (nSPS) is 11.4.